The first-order valence-electron chi connectivity index (χ1n) is 9.78. The van der Waals surface area contributed by atoms with E-state index >= 15 is 0 Å². The topological polar surface area (TPSA) is 86.1 Å². The van der Waals surface area contributed by atoms with Crippen molar-refractivity contribution in [1.29, 1.82) is 0 Å². The monoisotopic (exact) mass is 468 g/mol. The van der Waals surface area contributed by atoms with Crippen molar-refractivity contribution >= 4 is 63.1 Å². The third-order valence-corrected chi connectivity index (χ3v) is 5.30. The standard InChI is InChI=1S/C23H18Cl2N4O3/c1-3-11-29-20(28-22(30)14-10-9-13(24)12-15(14)25)18(23(31)32-4-2)19-21(29)27-17-8-6-5-7-16(17)26-19/h3,5-10,12H,1,4,11H2,2H3,(H,28,30). The van der Waals surface area contributed by atoms with Gasteiger partial charge in [-0.3, -0.25) is 4.79 Å². The fourth-order valence-corrected chi connectivity index (χ4v) is 3.88. The third-order valence-electron chi connectivity index (χ3n) is 4.75. The van der Waals surface area contributed by atoms with Gasteiger partial charge in [-0.15, -0.1) is 6.58 Å². The zero-order chi connectivity index (χ0) is 22.8. The number of amides is 1. The third kappa shape index (κ3) is 3.92. The summed E-state index contributed by atoms with van der Waals surface area (Å²) in [5.41, 5.74) is 2.31. The van der Waals surface area contributed by atoms with Gasteiger partial charge in [-0.25, -0.2) is 14.8 Å². The quantitative estimate of drug-likeness (QED) is 0.298. The normalized spacial score (nSPS) is 11.0. The Morgan fingerprint density at radius 2 is 1.88 bits per heavy atom. The number of aromatic nitrogens is 3. The van der Waals surface area contributed by atoms with Gasteiger partial charge < -0.3 is 14.6 Å². The van der Waals surface area contributed by atoms with Crippen LogP contribution in [-0.2, 0) is 11.3 Å². The fraction of sp³-hybridized carbons (Fsp3) is 0.130. The minimum atomic E-state index is -0.623. The molecular formula is C23H18Cl2N4O3. The molecule has 0 spiro atoms. The summed E-state index contributed by atoms with van der Waals surface area (Å²) in [6.45, 7) is 5.91. The van der Waals surface area contributed by atoms with Crippen molar-refractivity contribution in [3.63, 3.8) is 0 Å². The highest BCUT2D eigenvalue weighted by molar-refractivity contribution is 6.37. The largest absolute Gasteiger partial charge is 0.462 e. The van der Waals surface area contributed by atoms with Gasteiger partial charge in [0.15, 0.2) is 5.65 Å². The molecule has 0 fully saturated rings. The van der Waals surface area contributed by atoms with Gasteiger partial charge in [0, 0.05) is 11.6 Å². The van der Waals surface area contributed by atoms with Crippen LogP contribution in [0.2, 0.25) is 10.0 Å². The second-order valence-corrected chi connectivity index (χ2v) is 7.65. The molecule has 0 radical (unpaired) electrons. The van der Waals surface area contributed by atoms with E-state index in [0.29, 0.717) is 27.2 Å². The summed E-state index contributed by atoms with van der Waals surface area (Å²) >= 11 is 12.2. The average Bonchev–Trinajstić information content (AvgIpc) is 3.04. The average molecular weight is 469 g/mol. The molecule has 7 nitrogen and oxygen atoms in total. The molecule has 0 aliphatic heterocycles. The first-order chi connectivity index (χ1) is 15.4. The SMILES string of the molecule is C=CCn1c(NC(=O)c2ccc(Cl)cc2Cl)c(C(=O)OCC)c2nc3ccccc3nc21. The summed E-state index contributed by atoms with van der Waals surface area (Å²) in [4.78, 5) is 35.3. The Kier molecular flexibility index (Phi) is 6.12. The number of para-hydroxylation sites is 2. The molecule has 0 atom stereocenters. The number of benzene rings is 2. The van der Waals surface area contributed by atoms with Gasteiger partial charge in [0.2, 0.25) is 0 Å². The minimum absolute atomic E-state index is 0.111. The van der Waals surface area contributed by atoms with Gasteiger partial charge in [0.25, 0.3) is 5.91 Å². The molecular weight excluding hydrogens is 451 g/mol. The van der Waals surface area contributed by atoms with Gasteiger partial charge in [0.05, 0.1) is 28.2 Å². The number of carbonyl (C=O) groups excluding carboxylic acids is 2. The summed E-state index contributed by atoms with van der Waals surface area (Å²) in [5.74, 6) is -0.943. The van der Waals surface area contributed by atoms with Gasteiger partial charge >= 0.3 is 5.97 Å². The first kappa shape index (κ1) is 21.8. The molecule has 1 N–H and O–H groups in total. The van der Waals surface area contributed by atoms with Crippen molar-refractivity contribution in [2.45, 2.75) is 13.5 Å². The Morgan fingerprint density at radius 3 is 2.53 bits per heavy atom. The van der Waals surface area contributed by atoms with E-state index in [9.17, 15) is 9.59 Å². The van der Waals surface area contributed by atoms with E-state index in [1.165, 1.54) is 12.1 Å². The van der Waals surface area contributed by atoms with Crippen LogP contribution >= 0.6 is 23.2 Å². The lowest BCUT2D eigenvalue weighted by Gasteiger charge is -2.12. The minimum Gasteiger partial charge on any atom is -0.462 e. The summed E-state index contributed by atoms with van der Waals surface area (Å²) in [6.07, 6.45) is 1.64. The van der Waals surface area contributed by atoms with Crippen LogP contribution in [0.3, 0.4) is 0 Å². The van der Waals surface area contributed by atoms with Crippen molar-refractivity contribution in [2.24, 2.45) is 0 Å². The van der Waals surface area contributed by atoms with E-state index in [-0.39, 0.29) is 35.1 Å². The number of anilines is 1. The Bertz CT molecular complexity index is 1380. The summed E-state index contributed by atoms with van der Waals surface area (Å²) in [6, 6.07) is 11.8. The van der Waals surface area contributed by atoms with Crippen molar-refractivity contribution in [3.05, 3.63) is 76.3 Å². The summed E-state index contributed by atoms with van der Waals surface area (Å²) < 4.78 is 6.93. The highest BCUT2D eigenvalue weighted by Crippen LogP contribution is 2.32. The van der Waals surface area contributed by atoms with E-state index in [4.69, 9.17) is 27.9 Å². The summed E-state index contributed by atoms with van der Waals surface area (Å²) in [7, 11) is 0. The number of nitrogens with zero attached hydrogens (tertiary/aromatic N) is 3. The van der Waals surface area contributed by atoms with Crippen LogP contribution in [-0.4, -0.2) is 33.0 Å². The van der Waals surface area contributed by atoms with Crippen LogP contribution in [0.1, 0.15) is 27.6 Å². The van der Waals surface area contributed by atoms with Crippen LogP contribution in [0.15, 0.2) is 55.1 Å². The highest BCUT2D eigenvalue weighted by Gasteiger charge is 2.28. The predicted molar refractivity (Wildman–Crippen MR) is 126 cm³/mol. The molecule has 162 valence electrons. The smallest absolute Gasteiger partial charge is 0.344 e. The van der Waals surface area contributed by atoms with Crippen LogP contribution < -0.4 is 5.32 Å². The van der Waals surface area contributed by atoms with Gasteiger partial charge in [-0.2, -0.15) is 0 Å². The van der Waals surface area contributed by atoms with Crippen LogP contribution in [0, 0.1) is 0 Å². The number of fused-ring (bicyclic) bond motifs is 2. The molecule has 1 amide bonds. The zero-order valence-electron chi connectivity index (χ0n) is 17.1. The molecule has 2 aromatic heterocycles. The molecule has 0 bridgehead atoms. The number of rotatable bonds is 6. The Morgan fingerprint density at radius 1 is 1.16 bits per heavy atom. The second-order valence-electron chi connectivity index (χ2n) is 6.81. The maximum atomic E-state index is 13.1. The number of halogens is 2. The highest BCUT2D eigenvalue weighted by atomic mass is 35.5. The molecule has 0 aliphatic carbocycles. The number of hydrogen-bond acceptors (Lipinski definition) is 5. The van der Waals surface area contributed by atoms with E-state index in [2.05, 4.69) is 21.9 Å². The lowest BCUT2D eigenvalue weighted by molar-refractivity contribution is 0.0529. The number of nitrogens with one attached hydrogen (secondary N) is 1. The van der Waals surface area contributed by atoms with Gasteiger partial charge in [0.1, 0.15) is 16.9 Å². The van der Waals surface area contributed by atoms with Crippen LogP contribution in [0.4, 0.5) is 5.82 Å². The van der Waals surface area contributed by atoms with Gasteiger partial charge in [-0.05, 0) is 37.3 Å². The van der Waals surface area contributed by atoms with E-state index < -0.39 is 11.9 Å². The second kappa shape index (κ2) is 8.98. The fourth-order valence-electron chi connectivity index (χ4n) is 3.38. The van der Waals surface area contributed by atoms with Crippen molar-refractivity contribution in [1.82, 2.24) is 14.5 Å². The molecule has 0 unspecified atom stereocenters. The van der Waals surface area contributed by atoms with Crippen LogP contribution in [0.25, 0.3) is 22.2 Å². The Labute approximate surface area is 193 Å². The number of hydrogen-bond donors (Lipinski definition) is 1. The van der Waals surface area contributed by atoms with E-state index in [1.807, 2.05) is 18.2 Å². The number of allylic oxidation sites excluding steroid dienone is 1. The van der Waals surface area contributed by atoms with Crippen molar-refractivity contribution < 1.29 is 14.3 Å². The maximum absolute atomic E-state index is 13.1. The van der Waals surface area contributed by atoms with Crippen molar-refractivity contribution in [2.75, 3.05) is 11.9 Å². The Hall–Kier alpha value is -3.42. The molecule has 4 aromatic rings. The van der Waals surface area contributed by atoms with Gasteiger partial charge in [-0.1, -0.05) is 41.4 Å². The number of ether oxygens (including phenoxy) is 1. The van der Waals surface area contributed by atoms with Crippen molar-refractivity contribution in [3.8, 4) is 0 Å². The number of esters is 1. The molecule has 4 rings (SSSR count). The van der Waals surface area contributed by atoms with E-state index in [1.54, 1.807) is 29.7 Å². The maximum Gasteiger partial charge on any atom is 0.344 e. The van der Waals surface area contributed by atoms with Crippen LogP contribution in [0.5, 0.6) is 0 Å². The molecule has 2 heterocycles. The summed E-state index contributed by atoms with van der Waals surface area (Å²) in [5, 5.41) is 3.38. The Balaban J connectivity index is 1.95. The molecule has 0 saturated heterocycles. The molecule has 2 aromatic carbocycles. The number of carbonyl (C=O) groups is 2. The lowest BCUT2D eigenvalue weighted by atomic mass is 10.2. The zero-order valence-corrected chi connectivity index (χ0v) is 18.6. The molecule has 0 aliphatic rings. The predicted octanol–water partition coefficient (Wildman–Crippen LogP) is 5.51. The first-order valence-corrected chi connectivity index (χ1v) is 10.5. The van der Waals surface area contributed by atoms with E-state index in [0.717, 1.165) is 0 Å². The lowest BCUT2D eigenvalue weighted by Crippen LogP contribution is -2.18. The molecule has 0 saturated carbocycles. The molecule has 9 heteroatoms. The molecule has 32 heavy (non-hydrogen) atoms.